The third-order valence-corrected chi connectivity index (χ3v) is 3.35. The maximum Gasteiger partial charge on any atom is 0.329 e. The van der Waals surface area contributed by atoms with Gasteiger partial charge in [0.2, 0.25) is 5.91 Å². The summed E-state index contributed by atoms with van der Waals surface area (Å²) in [6.07, 6.45) is 0.120. The van der Waals surface area contributed by atoms with Crippen LogP contribution in [0.1, 0.15) is 26.3 Å². The summed E-state index contributed by atoms with van der Waals surface area (Å²) in [5.41, 5.74) is -0.479. The van der Waals surface area contributed by atoms with Crippen LogP contribution in [0.3, 0.4) is 0 Å². The zero-order valence-corrected chi connectivity index (χ0v) is 12.3. The number of methoxy groups -OCH3 is 1. The number of carboxylic acids is 1. The molecule has 0 atom stereocenters. The Morgan fingerprint density at radius 2 is 1.90 bits per heavy atom. The van der Waals surface area contributed by atoms with Gasteiger partial charge in [0.25, 0.3) is 0 Å². The summed E-state index contributed by atoms with van der Waals surface area (Å²) in [5, 5.41) is 9.24. The zero-order chi connectivity index (χ0) is 15.3. The second kappa shape index (κ2) is 6.41. The Hall–Kier alpha value is -2.04. The van der Waals surface area contributed by atoms with Gasteiger partial charge >= 0.3 is 5.97 Å². The number of hydrogen-bond acceptors (Lipinski definition) is 3. The van der Waals surface area contributed by atoms with E-state index in [9.17, 15) is 14.7 Å². The quantitative estimate of drug-likeness (QED) is 0.864. The molecule has 0 bridgehead atoms. The highest BCUT2D eigenvalue weighted by Gasteiger charge is 2.36. The highest BCUT2D eigenvalue weighted by Crippen LogP contribution is 2.21. The van der Waals surface area contributed by atoms with Crippen LogP contribution in [0.15, 0.2) is 24.3 Å². The highest BCUT2D eigenvalue weighted by molar-refractivity contribution is 5.87. The lowest BCUT2D eigenvalue weighted by atomic mass is 10.0. The molecule has 0 radical (unpaired) electrons. The third-order valence-electron chi connectivity index (χ3n) is 3.35. The fraction of sp³-hybridized carbons (Fsp3) is 0.467. The number of rotatable bonds is 6. The van der Waals surface area contributed by atoms with Crippen LogP contribution in [0, 0.1) is 0 Å². The summed E-state index contributed by atoms with van der Waals surface area (Å²) in [7, 11) is 1.54. The van der Waals surface area contributed by atoms with E-state index in [1.54, 1.807) is 26.2 Å². The van der Waals surface area contributed by atoms with E-state index >= 15 is 0 Å². The number of carbonyl (C=O) groups is 2. The van der Waals surface area contributed by atoms with Crippen molar-refractivity contribution in [1.29, 1.82) is 0 Å². The first-order valence-corrected chi connectivity index (χ1v) is 6.50. The number of carboxylic acid groups (broad SMARTS) is 1. The number of carbonyl (C=O) groups excluding carboxylic acids is 1. The lowest BCUT2D eigenvalue weighted by Gasteiger charge is -2.34. The van der Waals surface area contributed by atoms with Crippen LogP contribution < -0.4 is 4.74 Å². The molecule has 20 heavy (non-hydrogen) atoms. The number of para-hydroxylation sites is 1. The van der Waals surface area contributed by atoms with Crippen molar-refractivity contribution >= 4 is 11.9 Å². The topological polar surface area (TPSA) is 66.8 Å². The number of likely N-dealkylation sites (N-methyl/N-ethyl adjacent to an activating group) is 1. The molecule has 1 N–H and O–H groups in total. The molecular weight excluding hydrogens is 258 g/mol. The van der Waals surface area contributed by atoms with Gasteiger partial charge in [0.05, 0.1) is 13.5 Å². The Morgan fingerprint density at radius 3 is 2.40 bits per heavy atom. The monoisotopic (exact) mass is 279 g/mol. The smallest absolute Gasteiger partial charge is 0.329 e. The molecule has 110 valence electrons. The van der Waals surface area contributed by atoms with Crippen molar-refractivity contribution in [2.24, 2.45) is 0 Å². The maximum atomic E-state index is 12.4. The van der Waals surface area contributed by atoms with Crippen molar-refractivity contribution in [2.45, 2.75) is 32.7 Å². The molecule has 0 unspecified atom stereocenters. The Kier molecular flexibility index (Phi) is 5.13. The van der Waals surface area contributed by atoms with E-state index in [-0.39, 0.29) is 12.3 Å². The molecule has 1 rings (SSSR count). The number of benzene rings is 1. The normalized spacial score (nSPS) is 11.0. The summed E-state index contributed by atoms with van der Waals surface area (Å²) < 4.78 is 5.21. The average molecular weight is 279 g/mol. The van der Waals surface area contributed by atoms with Gasteiger partial charge in [0.1, 0.15) is 11.3 Å². The second-order valence-corrected chi connectivity index (χ2v) is 4.99. The van der Waals surface area contributed by atoms with Gasteiger partial charge in [-0.1, -0.05) is 18.2 Å². The minimum Gasteiger partial charge on any atom is -0.496 e. The van der Waals surface area contributed by atoms with E-state index in [0.717, 1.165) is 5.56 Å². The van der Waals surface area contributed by atoms with Gasteiger partial charge in [-0.25, -0.2) is 4.79 Å². The molecule has 0 aliphatic heterocycles. The molecule has 0 spiro atoms. The predicted molar refractivity (Wildman–Crippen MR) is 75.8 cm³/mol. The van der Waals surface area contributed by atoms with Gasteiger partial charge < -0.3 is 14.7 Å². The first kappa shape index (κ1) is 16.0. The molecule has 5 nitrogen and oxygen atoms in total. The first-order valence-electron chi connectivity index (χ1n) is 6.50. The zero-order valence-electron chi connectivity index (χ0n) is 12.3. The molecular formula is C15H21NO4. The minimum absolute atomic E-state index is 0.120. The van der Waals surface area contributed by atoms with Crippen molar-refractivity contribution in [3.8, 4) is 5.75 Å². The number of nitrogens with zero attached hydrogens (tertiary/aromatic N) is 1. The predicted octanol–water partition coefficient (Wildman–Crippen LogP) is 1.95. The van der Waals surface area contributed by atoms with Gasteiger partial charge in [-0.15, -0.1) is 0 Å². The van der Waals surface area contributed by atoms with Crippen molar-refractivity contribution in [1.82, 2.24) is 4.90 Å². The Labute approximate surface area is 119 Å². The van der Waals surface area contributed by atoms with E-state index in [1.165, 1.54) is 18.7 Å². The van der Waals surface area contributed by atoms with E-state index in [4.69, 9.17) is 4.74 Å². The van der Waals surface area contributed by atoms with E-state index in [2.05, 4.69) is 0 Å². The number of hydrogen-bond donors (Lipinski definition) is 1. The molecule has 0 fully saturated rings. The van der Waals surface area contributed by atoms with E-state index < -0.39 is 11.5 Å². The lowest BCUT2D eigenvalue weighted by Crippen LogP contribution is -2.53. The molecule has 0 aliphatic carbocycles. The summed E-state index contributed by atoms with van der Waals surface area (Å²) in [6.45, 7) is 5.16. The van der Waals surface area contributed by atoms with Crippen molar-refractivity contribution in [2.75, 3.05) is 13.7 Å². The molecule has 0 saturated heterocycles. The highest BCUT2D eigenvalue weighted by atomic mass is 16.5. The summed E-state index contributed by atoms with van der Waals surface area (Å²) in [6, 6.07) is 7.23. The van der Waals surface area contributed by atoms with Crippen molar-refractivity contribution in [3.63, 3.8) is 0 Å². The molecule has 0 aliphatic rings. The van der Waals surface area contributed by atoms with E-state index in [1.807, 2.05) is 12.1 Å². The van der Waals surface area contributed by atoms with Crippen LogP contribution in [-0.4, -0.2) is 41.1 Å². The SMILES string of the molecule is CCN(C(=O)Cc1ccccc1OC)C(C)(C)C(=O)O. The molecule has 1 amide bonds. The standard InChI is InChI=1S/C15H21NO4/c1-5-16(15(2,3)14(18)19)13(17)10-11-8-6-7-9-12(11)20-4/h6-9H,5,10H2,1-4H3,(H,18,19). The van der Waals surface area contributed by atoms with Crippen LogP contribution in [0.2, 0.25) is 0 Å². The summed E-state index contributed by atoms with van der Waals surface area (Å²) in [5.74, 6) is -0.623. The van der Waals surface area contributed by atoms with Gasteiger partial charge in [-0.2, -0.15) is 0 Å². The van der Waals surface area contributed by atoms with Crippen LogP contribution in [-0.2, 0) is 16.0 Å². The fourth-order valence-electron chi connectivity index (χ4n) is 2.11. The molecule has 0 saturated carbocycles. The van der Waals surface area contributed by atoms with E-state index in [0.29, 0.717) is 12.3 Å². The first-order chi connectivity index (χ1) is 9.34. The number of amides is 1. The number of aliphatic carboxylic acids is 1. The molecule has 0 heterocycles. The van der Waals surface area contributed by atoms with Gasteiger partial charge in [0.15, 0.2) is 0 Å². The Bertz CT molecular complexity index is 496. The molecule has 1 aromatic carbocycles. The largest absolute Gasteiger partial charge is 0.496 e. The maximum absolute atomic E-state index is 12.4. The van der Waals surface area contributed by atoms with Crippen molar-refractivity contribution < 1.29 is 19.4 Å². The average Bonchev–Trinajstić information content (AvgIpc) is 2.39. The molecule has 1 aromatic rings. The van der Waals surface area contributed by atoms with Gasteiger partial charge in [-0.3, -0.25) is 4.79 Å². The van der Waals surface area contributed by atoms with Crippen LogP contribution in [0.4, 0.5) is 0 Å². The number of ether oxygens (including phenoxy) is 1. The Balaban J connectivity index is 2.96. The minimum atomic E-state index is -1.23. The lowest BCUT2D eigenvalue weighted by molar-refractivity contribution is -0.156. The van der Waals surface area contributed by atoms with Gasteiger partial charge in [0, 0.05) is 12.1 Å². The summed E-state index contributed by atoms with van der Waals surface area (Å²) in [4.78, 5) is 25.0. The molecule has 0 aromatic heterocycles. The third kappa shape index (κ3) is 3.29. The second-order valence-electron chi connectivity index (χ2n) is 4.99. The van der Waals surface area contributed by atoms with Crippen LogP contribution >= 0.6 is 0 Å². The molecule has 5 heteroatoms. The van der Waals surface area contributed by atoms with Crippen LogP contribution in [0.5, 0.6) is 5.75 Å². The van der Waals surface area contributed by atoms with Crippen molar-refractivity contribution in [3.05, 3.63) is 29.8 Å². The Morgan fingerprint density at radius 1 is 1.30 bits per heavy atom. The van der Waals surface area contributed by atoms with Gasteiger partial charge in [-0.05, 0) is 26.8 Å². The fourth-order valence-corrected chi connectivity index (χ4v) is 2.11. The van der Waals surface area contributed by atoms with Crippen LogP contribution in [0.25, 0.3) is 0 Å². The summed E-state index contributed by atoms with van der Waals surface area (Å²) >= 11 is 0.